The van der Waals surface area contributed by atoms with Gasteiger partial charge in [0.1, 0.15) is 12.2 Å². The minimum atomic E-state index is -0.575. The van der Waals surface area contributed by atoms with E-state index < -0.39 is 5.41 Å². The average molecular weight is 461 g/mol. The van der Waals surface area contributed by atoms with Gasteiger partial charge in [-0.25, -0.2) is 0 Å². The third kappa shape index (κ3) is 5.72. The summed E-state index contributed by atoms with van der Waals surface area (Å²) in [5.74, 6) is 0.975. The van der Waals surface area contributed by atoms with Gasteiger partial charge in [-0.2, -0.15) is 0 Å². The maximum absolute atomic E-state index is 13.3. The molecule has 3 aliphatic rings. The van der Waals surface area contributed by atoms with E-state index in [1.807, 2.05) is 13.8 Å². The van der Waals surface area contributed by atoms with Crippen molar-refractivity contribution < 1.29 is 23.8 Å². The molecule has 3 rings (SSSR count). The van der Waals surface area contributed by atoms with E-state index in [4.69, 9.17) is 14.2 Å². The molecule has 5 heteroatoms. The molecule has 33 heavy (non-hydrogen) atoms. The average Bonchev–Trinajstić information content (AvgIpc) is 2.71. The maximum Gasteiger partial charge on any atom is 0.312 e. The van der Waals surface area contributed by atoms with Crippen LogP contribution in [0.2, 0.25) is 0 Å². The van der Waals surface area contributed by atoms with Crippen molar-refractivity contribution in [2.45, 2.75) is 98.9 Å². The summed E-state index contributed by atoms with van der Waals surface area (Å²) in [6.07, 6.45) is 10.2. The van der Waals surface area contributed by atoms with Crippen molar-refractivity contribution in [3.05, 3.63) is 23.8 Å². The first-order valence-electron chi connectivity index (χ1n) is 12.7. The van der Waals surface area contributed by atoms with E-state index in [9.17, 15) is 9.59 Å². The normalized spacial score (nSPS) is 34.8. The van der Waals surface area contributed by atoms with Gasteiger partial charge >= 0.3 is 11.9 Å². The van der Waals surface area contributed by atoms with Crippen molar-refractivity contribution in [2.75, 3.05) is 7.11 Å². The molecule has 1 aliphatic heterocycles. The lowest BCUT2D eigenvalue weighted by atomic mass is 9.65. The van der Waals surface area contributed by atoms with Crippen LogP contribution >= 0.6 is 0 Å². The number of cyclic esters (lactones) is 1. The van der Waals surface area contributed by atoms with Crippen LogP contribution in [0.25, 0.3) is 0 Å². The zero-order chi connectivity index (χ0) is 24.6. The fourth-order valence-electron chi connectivity index (χ4n) is 5.39. The van der Waals surface area contributed by atoms with E-state index in [2.05, 4.69) is 52.8 Å². The Morgan fingerprint density at radius 3 is 2.45 bits per heavy atom. The van der Waals surface area contributed by atoms with Crippen LogP contribution in [-0.4, -0.2) is 37.4 Å². The lowest BCUT2D eigenvalue weighted by Gasteiger charge is -2.45. The van der Waals surface area contributed by atoms with Gasteiger partial charge in [-0.1, -0.05) is 52.8 Å². The fourth-order valence-corrected chi connectivity index (χ4v) is 5.39. The number of hydrogen-bond acceptors (Lipinski definition) is 5. The van der Waals surface area contributed by atoms with Crippen molar-refractivity contribution in [2.24, 2.45) is 34.5 Å². The van der Waals surface area contributed by atoms with Crippen molar-refractivity contribution >= 4 is 11.9 Å². The summed E-state index contributed by atoms with van der Waals surface area (Å²) in [5, 5.41) is 0. The highest BCUT2D eigenvalue weighted by Crippen LogP contribution is 2.47. The molecule has 0 aromatic rings. The summed E-state index contributed by atoms with van der Waals surface area (Å²) >= 11 is 0. The Balaban J connectivity index is 1.78. The Labute approximate surface area is 200 Å². The molecule has 2 aliphatic carbocycles. The van der Waals surface area contributed by atoms with Crippen molar-refractivity contribution in [3.8, 4) is 0 Å². The minimum Gasteiger partial charge on any atom is -0.462 e. The summed E-state index contributed by atoms with van der Waals surface area (Å²) in [5.41, 5.74) is 0.526. The largest absolute Gasteiger partial charge is 0.462 e. The number of esters is 2. The lowest BCUT2D eigenvalue weighted by Crippen LogP contribution is -2.46. The van der Waals surface area contributed by atoms with Gasteiger partial charge in [0.25, 0.3) is 0 Å². The highest BCUT2D eigenvalue weighted by atomic mass is 16.6. The molecule has 5 nitrogen and oxygen atoms in total. The van der Waals surface area contributed by atoms with Crippen LogP contribution in [0.1, 0.15) is 80.6 Å². The number of hydrogen-bond donors (Lipinski definition) is 0. The molecule has 0 aromatic carbocycles. The van der Waals surface area contributed by atoms with Gasteiger partial charge < -0.3 is 14.2 Å². The van der Waals surface area contributed by atoms with Crippen LogP contribution in [0.5, 0.6) is 0 Å². The number of allylic oxidation sites excluding steroid dienone is 3. The van der Waals surface area contributed by atoms with E-state index >= 15 is 0 Å². The molecule has 0 saturated carbocycles. The number of rotatable bonds is 6. The summed E-state index contributed by atoms with van der Waals surface area (Å²) < 4.78 is 17.4. The number of carbonyl (C=O) groups excluding carboxylic acids is 2. The Morgan fingerprint density at radius 2 is 1.82 bits per heavy atom. The topological polar surface area (TPSA) is 61.8 Å². The van der Waals surface area contributed by atoms with Crippen LogP contribution in [0.3, 0.4) is 0 Å². The van der Waals surface area contributed by atoms with Crippen LogP contribution in [0, 0.1) is 34.5 Å². The first kappa shape index (κ1) is 26.0. The second-order valence-corrected chi connectivity index (χ2v) is 12.1. The number of fused-ring (bicyclic) bond motifs is 1. The Kier molecular flexibility index (Phi) is 7.82. The fraction of sp³-hybridized carbons (Fsp3) is 0.786. The standard InChI is InChI=1S/C28H44O5/c1-17-13-19-10-9-18(2)22(12-11-20-15-21(31-8)16-24(29)32-20)25(19)23(14-17)33-26(30)28(6,7)27(3,4)5/h9-10,13,17-18,20-23,25H,11-12,14-16H2,1-8H3. The molecule has 0 N–H and O–H groups in total. The predicted molar refractivity (Wildman–Crippen MR) is 129 cm³/mol. The van der Waals surface area contributed by atoms with Gasteiger partial charge in [0, 0.05) is 19.4 Å². The van der Waals surface area contributed by atoms with E-state index in [-0.39, 0.29) is 41.6 Å². The van der Waals surface area contributed by atoms with Gasteiger partial charge in [-0.05, 0) is 61.9 Å². The summed E-state index contributed by atoms with van der Waals surface area (Å²) in [7, 11) is 1.66. The van der Waals surface area contributed by atoms with Gasteiger partial charge in [0.05, 0.1) is 17.9 Å². The second kappa shape index (κ2) is 9.93. The molecule has 0 bridgehead atoms. The highest BCUT2D eigenvalue weighted by Gasteiger charge is 2.46. The first-order valence-corrected chi connectivity index (χ1v) is 12.7. The Morgan fingerprint density at radius 1 is 1.12 bits per heavy atom. The summed E-state index contributed by atoms with van der Waals surface area (Å²) in [6, 6.07) is 0. The molecule has 1 saturated heterocycles. The van der Waals surface area contributed by atoms with Crippen LogP contribution < -0.4 is 0 Å². The SMILES string of the molecule is COC1CC(=O)OC(CCC2C(C)C=CC3=CC(C)CC(OC(=O)C(C)(C)C(C)(C)C)C32)C1. The van der Waals surface area contributed by atoms with Crippen LogP contribution in [0.4, 0.5) is 0 Å². The molecule has 7 atom stereocenters. The third-order valence-corrected chi connectivity index (χ3v) is 8.61. The van der Waals surface area contributed by atoms with E-state index in [1.165, 1.54) is 5.57 Å². The molecule has 0 radical (unpaired) electrons. The smallest absolute Gasteiger partial charge is 0.312 e. The number of carbonyl (C=O) groups is 2. The van der Waals surface area contributed by atoms with Crippen LogP contribution in [0.15, 0.2) is 23.8 Å². The zero-order valence-electron chi connectivity index (χ0n) is 21.9. The Hall–Kier alpha value is -1.62. The van der Waals surface area contributed by atoms with Crippen LogP contribution in [-0.2, 0) is 23.8 Å². The van der Waals surface area contributed by atoms with Gasteiger partial charge in [-0.15, -0.1) is 0 Å². The maximum atomic E-state index is 13.3. The van der Waals surface area contributed by atoms with Gasteiger partial charge in [0.15, 0.2) is 0 Å². The third-order valence-electron chi connectivity index (χ3n) is 8.61. The number of ether oxygens (including phenoxy) is 3. The number of methoxy groups -OCH3 is 1. The van der Waals surface area contributed by atoms with E-state index in [0.29, 0.717) is 24.2 Å². The Bertz CT molecular complexity index is 787. The van der Waals surface area contributed by atoms with E-state index in [1.54, 1.807) is 7.11 Å². The van der Waals surface area contributed by atoms with Crippen molar-refractivity contribution in [1.29, 1.82) is 0 Å². The van der Waals surface area contributed by atoms with E-state index in [0.717, 1.165) is 25.7 Å². The molecule has 0 amide bonds. The molecular formula is C28H44O5. The highest BCUT2D eigenvalue weighted by molar-refractivity contribution is 5.77. The summed E-state index contributed by atoms with van der Waals surface area (Å²) in [6.45, 7) is 14.7. The van der Waals surface area contributed by atoms with Gasteiger partial charge in [0.2, 0.25) is 0 Å². The molecule has 186 valence electrons. The molecule has 7 unspecified atom stereocenters. The molecule has 1 fully saturated rings. The zero-order valence-corrected chi connectivity index (χ0v) is 21.9. The lowest BCUT2D eigenvalue weighted by molar-refractivity contribution is -0.171. The molecule has 0 aromatic heterocycles. The quantitative estimate of drug-likeness (QED) is 0.464. The minimum absolute atomic E-state index is 0.0563. The summed E-state index contributed by atoms with van der Waals surface area (Å²) in [4.78, 5) is 25.3. The van der Waals surface area contributed by atoms with Crippen molar-refractivity contribution in [1.82, 2.24) is 0 Å². The molecular weight excluding hydrogens is 416 g/mol. The molecule has 1 heterocycles. The first-order chi connectivity index (χ1) is 15.3. The molecule has 0 spiro atoms. The van der Waals surface area contributed by atoms with Gasteiger partial charge in [-0.3, -0.25) is 9.59 Å². The second-order valence-electron chi connectivity index (χ2n) is 12.1. The predicted octanol–water partition coefficient (Wildman–Crippen LogP) is 5.88. The monoisotopic (exact) mass is 460 g/mol. The van der Waals surface area contributed by atoms with Crippen molar-refractivity contribution in [3.63, 3.8) is 0 Å².